The Labute approximate surface area is 190 Å². The van der Waals surface area contributed by atoms with Crippen LogP contribution in [0.2, 0.25) is 0 Å². The molecule has 0 N–H and O–H groups in total. The number of ether oxygens (including phenoxy) is 1. The molecule has 2 aliphatic heterocycles. The molecule has 0 aliphatic carbocycles. The van der Waals surface area contributed by atoms with Crippen molar-refractivity contribution in [2.75, 3.05) is 42.6 Å². The molecule has 0 spiro atoms. The van der Waals surface area contributed by atoms with E-state index in [-0.39, 0.29) is 24.3 Å². The number of carbonyl (C=O) groups is 2. The first kappa shape index (κ1) is 22.3. The Morgan fingerprint density at radius 3 is 2.25 bits per heavy atom. The molecule has 0 aromatic heterocycles. The van der Waals surface area contributed by atoms with Crippen LogP contribution in [0, 0.1) is 0 Å². The van der Waals surface area contributed by atoms with Crippen LogP contribution < -0.4 is 14.5 Å². The molecule has 32 heavy (non-hydrogen) atoms. The standard InChI is InChI=1S/C26H33N3O3/c1-2-3-4-8-19-32-23-13-11-22(12-14-23)29-25(30)20-24(26(29)31)28-17-15-27(16-18-28)21-9-6-5-7-10-21/h5-7,9-14,24H,2-4,8,15-20H2,1H3. The number of unbranched alkanes of at least 4 members (excludes halogenated alkanes) is 3. The van der Waals surface area contributed by atoms with Crippen LogP contribution in [0.5, 0.6) is 5.75 Å². The van der Waals surface area contributed by atoms with E-state index in [9.17, 15) is 9.59 Å². The summed E-state index contributed by atoms with van der Waals surface area (Å²) < 4.78 is 5.79. The first-order valence-electron chi connectivity index (χ1n) is 11.8. The van der Waals surface area contributed by atoms with E-state index in [0.29, 0.717) is 12.3 Å². The average molecular weight is 436 g/mol. The van der Waals surface area contributed by atoms with Gasteiger partial charge in [-0.15, -0.1) is 0 Å². The second-order valence-corrected chi connectivity index (χ2v) is 8.55. The summed E-state index contributed by atoms with van der Waals surface area (Å²) in [6.07, 6.45) is 4.89. The molecule has 2 amide bonds. The Morgan fingerprint density at radius 2 is 1.56 bits per heavy atom. The normalized spacial score (nSPS) is 19.6. The monoisotopic (exact) mass is 435 g/mol. The van der Waals surface area contributed by atoms with Crippen LogP contribution in [0.3, 0.4) is 0 Å². The van der Waals surface area contributed by atoms with E-state index >= 15 is 0 Å². The summed E-state index contributed by atoms with van der Waals surface area (Å²) in [6, 6.07) is 17.3. The first-order chi connectivity index (χ1) is 15.7. The van der Waals surface area contributed by atoms with Crippen LogP contribution >= 0.6 is 0 Å². The highest BCUT2D eigenvalue weighted by Crippen LogP contribution is 2.28. The van der Waals surface area contributed by atoms with E-state index in [1.165, 1.54) is 29.8 Å². The smallest absolute Gasteiger partial charge is 0.251 e. The van der Waals surface area contributed by atoms with Gasteiger partial charge in [-0.1, -0.05) is 44.4 Å². The average Bonchev–Trinajstić information content (AvgIpc) is 3.14. The van der Waals surface area contributed by atoms with Gasteiger partial charge < -0.3 is 9.64 Å². The van der Waals surface area contributed by atoms with Crippen molar-refractivity contribution in [3.8, 4) is 5.75 Å². The summed E-state index contributed by atoms with van der Waals surface area (Å²) in [5, 5.41) is 0. The number of amides is 2. The lowest BCUT2D eigenvalue weighted by molar-refractivity contribution is -0.123. The van der Waals surface area contributed by atoms with Gasteiger partial charge >= 0.3 is 0 Å². The number of nitrogens with zero attached hydrogens (tertiary/aromatic N) is 3. The van der Waals surface area contributed by atoms with Crippen molar-refractivity contribution < 1.29 is 14.3 Å². The van der Waals surface area contributed by atoms with E-state index in [0.717, 1.165) is 38.3 Å². The first-order valence-corrected chi connectivity index (χ1v) is 11.8. The van der Waals surface area contributed by atoms with Crippen LogP contribution in [0.4, 0.5) is 11.4 Å². The summed E-state index contributed by atoms with van der Waals surface area (Å²) in [7, 11) is 0. The zero-order valence-corrected chi connectivity index (χ0v) is 18.9. The molecule has 1 atom stereocenters. The van der Waals surface area contributed by atoms with Gasteiger partial charge in [0.2, 0.25) is 5.91 Å². The van der Waals surface area contributed by atoms with Crippen molar-refractivity contribution in [2.45, 2.75) is 45.1 Å². The molecule has 2 aromatic carbocycles. The van der Waals surface area contributed by atoms with Gasteiger partial charge in [0.05, 0.1) is 24.8 Å². The summed E-state index contributed by atoms with van der Waals surface area (Å²) in [5.74, 6) is 0.535. The molecule has 0 radical (unpaired) electrons. The second kappa shape index (κ2) is 10.6. The van der Waals surface area contributed by atoms with Crippen molar-refractivity contribution >= 4 is 23.2 Å². The quantitative estimate of drug-likeness (QED) is 0.438. The predicted molar refractivity (Wildman–Crippen MR) is 127 cm³/mol. The van der Waals surface area contributed by atoms with Crippen molar-refractivity contribution in [3.05, 3.63) is 54.6 Å². The van der Waals surface area contributed by atoms with E-state index in [4.69, 9.17) is 4.74 Å². The van der Waals surface area contributed by atoms with Crippen molar-refractivity contribution in [1.29, 1.82) is 0 Å². The summed E-state index contributed by atoms with van der Waals surface area (Å²) in [6.45, 7) is 6.14. The minimum atomic E-state index is -0.366. The molecule has 1 unspecified atom stereocenters. The van der Waals surface area contributed by atoms with Gasteiger partial charge in [0.25, 0.3) is 5.91 Å². The van der Waals surface area contributed by atoms with Gasteiger partial charge in [-0.2, -0.15) is 0 Å². The summed E-state index contributed by atoms with van der Waals surface area (Å²) in [4.78, 5) is 31.7. The molecule has 2 fully saturated rings. The SMILES string of the molecule is CCCCCCOc1ccc(N2C(=O)CC(N3CCN(c4ccccc4)CC3)C2=O)cc1. The Morgan fingerprint density at radius 1 is 0.844 bits per heavy atom. The fraction of sp³-hybridized carbons (Fsp3) is 0.462. The third kappa shape index (κ3) is 5.13. The van der Waals surface area contributed by atoms with E-state index in [1.807, 2.05) is 42.5 Å². The second-order valence-electron chi connectivity index (χ2n) is 8.55. The molecule has 170 valence electrons. The summed E-state index contributed by atoms with van der Waals surface area (Å²) in [5.41, 5.74) is 1.83. The van der Waals surface area contributed by atoms with Crippen LogP contribution in [0.1, 0.15) is 39.0 Å². The van der Waals surface area contributed by atoms with Crippen LogP contribution in [0.25, 0.3) is 0 Å². The van der Waals surface area contributed by atoms with Crippen LogP contribution in [0.15, 0.2) is 54.6 Å². The predicted octanol–water partition coefficient (Wildman–Crippen LogP) is 4.10. The van der Waals surface area contributed by atoms with E-state index < -0.39 is 0 Å². The number of hydrogen-bond donors (Lipinski definition) is 0. The number of benzene rings is 2. The lowest BCUT2D eigenvalue weighted by atomic mass is 10.1. The molecule has 6 heteroatoms. The maximum absolute atomic E-state index is 13.1. The third-order valence-corrected chi connectivity index (χ3v) is 6.36. The van der Waals surface area contributed by atoms with Crippen molar-refractivity contribution in [3.63, 3.8) is 0 Å². The zero-order valence-electron chi connectivity index (χ0n) is 18.9. The van der Waals surface area contributed by atoms with Gasteiger partial charge in [0, 0.05) is 31.9 Å². The highest BCUT2D eigenvalue weighted by atomic mass is 16.5. The largest absolute Gasteiger partial charge is 0.494 e. The Hall–Kier alpha value is -2.86. The van der Waals surface area contributed by atoms with E-state index in [1.54, 1.807) is 0 Å². The van der Waals surface area contributed by atoms with Gasteiger partial charge in [-0.25, -0.2) is 4.90 Å². The highest BCUT2D eigenvalue weighted by molar-refractivity contribution is 6.22. The molecule has 0 saturated carbocycles. The fourth-order valence-electron chi connectivity index (χ4n) is 4.51. The summed E-state index contributed by atoms with van der Waals surface area (Å²) >= 11 is 0. The van der Waals surface area contributed by atoms with Gasteiger partial charge in [-0.3, -0.25) is 14.5 Å². The van der Waals surface area contributed by atoms with Gasteiger partial charge in [-0.05, 0) is 42.8 Å². The van der Waals surface area contributed by atoms with Crippen LogP contribution in [-0.2, 0) is 9.59 Å². The van der Waals surface area contributed by atoms with Crippen LogP contribution in [-0.4, -0.2) is 55.5 Å². The lowest BCUT2D eigenvalue weighted by Crippen LogP contribution is -2.52. The number of rotatable bonds is 9. The number of hydrogen-bond acceptors (Lipinski definition) is 5. The molecule has 2 aromatic rings. The number of imide groups is 1. The zero-order chi connectivity index (χ0) is 22.3. The maximum Gasteiger partial charge on any atom is 0.251 e. The minimum Gasteiger partial charge on any atom is -0.494 e. The number of piperazine rings is 1. The third-order valence-electron chi connectivity index (χ3n) is 6.36. The van der Waals surface area contributed by atoms with Crippen molar-refractivity contribution in [2.24, 2.45) is 0 Å². The Balaban J connectivity index is 1.32. The number of anilines is 2. The molecular formula is C26H33N3O3. The van der Waals surface area contributed by atoms with E-state index in [2.05, 4.69) is 28.9 Å². The molecule has 0 bridgehead atoms. The lowest BCUT2D eigenvalue weighted by Gasteiger charge is -2.38. The highest BCUT2D eigenvalue weighted by Gasteiger charge is 2.43. The fourth-order valence-corrected chi connectivity index (χ4v) is 4.51. The van der Waals surface area contributed by atoms with Gasteiger partial charge in [0.1, 0.15) is 5.75 Å². The van der Waals surface area contributed by atoms with Crippen molar-refractivity contribution in [1.82, 2.24) is 4.90 Å². The Kier molecular flexibility index (Phi) is 7.43. The Bertz CT molecular complexity index is 892. The molecule has 6 nitrogen and oxygen atoms in total. The molecule has 2 saturated heterocycles. The number of para-hydroxylation sites is 1. The molecule has 4 rings (SSSR count). The topological polar surface area (TPSA) is 53.1 Å². The molecular weight excluding hydrogens is 402 g/mol. The molecule has 2 heterocycles. The maximum atomic E-state index is 13.1. The van der Waals surface area contributed by atoms with Gasteiger partial charge in [0.15, 0.2) is 0 Å². The number of carbonyl (C=O) groups excluding carboxylic acids is 2. The molecule has 2 aliphatic rings. The minimum absolute atomic E-state index is 0.114.